The number of rotatable bonds is 10. The van der Waals surface area contributed by atoms with E-state index in [1.165, 1.54) is 14.2 Å². The number of aromatic amines is 2. The molecular weight excluding hydrogens is 787 g/mol. The van der Waals surface area contributed by atoms with Crippen molar-refractivity contribution < 1.29 is 28.7 Å². The first kappa shape index (κ1) is 39.9. The molecule has 4 aromatic carbocycles. The van der Waals surface area contributed by atoms with Gasteiger partial charge in [0.25, 0.3) is 11.8 Å². The summed E-state index contributed by atoms with van der Waals surface area (Å²) in [6, 6.07) is 32.0. The van der Waals surface area contributed by atoms with E-state index in [2.05, 4.69) is 26.7 Å². The van der Waals surface area contributed by atoms with Gasteiger partial charge in [0.15, 0.2) is 0 Å². The number of imidazole rings is 2. The van der Waals surface area contributed by atoms with Gasteiger partial charge >= 0.3 is 12.2 Å². The molecule has 2 saturated heterocycles. The van der Waals surface area contributed by atoms with Gasteiger partial charge < -0.3 is 39.9 Å². The number of aromatic nitrogens is 5. The van der Waals surface area contributed by atoms with Crippen LogP contribution in [0.1, 0.15) is 72.6 Å². The van der Waals surface area contributed by atoms with Crippen LogP contribution in [-0.4, -0.2) is 86.0 Å². The molecule has 2 aliphatic rings. The van der Waals surface area contributed by atoms with Crippen LogP contribution in [0, 0.1) is 0 Å². The highest BCUT2D eigenvalue weighted by Crippen LogP contribution is 2.37. The van der Waals surface area contributed by atoms with Gasteiger partial charge in [0.2, 0.25) is 0 Å². The van der Waals surface area contributed by atoms with Crippen molar-refractivity contribution in [2.45, 2.75) is 49.9 Å². The van der Waals surface area contributed by atoms with Crippen molar-refractivity contribution in [1.29, 1.82) is 0 Å². The highest BCUT2D eigenvalue weighted by molar-refractivity contribution is 5.90. The number of benzene rings is 4. The van der Waals surface area contributed by atoms with Crippen molar-refractivity contribution in [3.05, 3.63) is 138 Å². The zero-order valence-corrected chi connectivity index (χ0v) is 34.2. The van der Waals surface area contributed by atoms with E-state index in [0.717, 1.165) is 70.1 Å². The van der Waals surface area contributed by atoms with Gasteiger partial charge in [-0.3, -0.25) is 9.59 Å². The minimum absolute atomic E-state index is 0.224. The van der Waals surface area contributed by atoms with E-state index in [4.69, 9.17) is 24.4 Å². The quantitative estimate of drug-likeness (QED) is 0.107. The average Bonchev–Trinajstić information content (AvgIpc) is 4.16. The van der Waals surface area contributed by atoms with Gasteiger partial charge in [-0.2, -0.15) is 0 Å². The normalized spacial score (nSPS) is 17.2. The number of fused-ring (bicyclic) bond motifs is 2. The molecule has 0 bridgehead atoms. The lowest BCUT2D eigenvalue weighted by Gasteiger charge is -2.28. The summed E-state index contributed by atoms with van der Waals surface area (Å²) < 4.78 is 9.68. The van der Waals surface area contributed by atoms with Gasteiger partial charge in [0, 0.05) is 29.6 Å². The van der Waals surface area contributed by atoms with E-state index in [1.54, 1.807) is 16.0 Å². The van der Waals surface area contributed by atoms with Crippen molar-refractivity contribution >= 4 is 45.9 Å². The molecule has 15 heteroatoms. The number of amides is 4. The van der Waals surface area contributed by atoms with E-state index < -0.39 is 24.3 Å². The minimum Gasteiger partial charge on any atom is -0.453 e. The number of hydrogen-bond acceptors (Lipinski definition) is 9. The Labute approximate surface area is 356 Å². The molecule has 15 nitrogen and oxygen atoms in total. The Kier molecular flexibility index (Phi) is 11.1. The molecule has 3 aromatic heterocycles. The van der Waals surface area contributed by atoms with Crippen LogP contribution >= 0.6 is 0 Å². The largest absolute Gasteiger partial charge is 0.453 e. The molecule has 0 aliphatic carbocycles. The average molecular weight is 832 g/mol. The van der Waals surface area contributed by atoms with Crippen LogP contribution in [0.15, 0.2) is 115 Å². The van der Waals surface area contributed by atoms with Gasteiger partial charge in [-0.25, -0.2) is 24.5 Å². The number of pyridine rings is 1. The molecule has 62 heavy (non-hydrogen) atoms. The molecule has 0 radical (unpaired) electrons. The molecule has 4 amide bonds. The number of ether oxygens (including phenoxy) is 2. The summed E-state index contributed by atoms with van der Waals surface area (Å²) in [6.45, 7) is 1.08. The van der Waals surface area contributed by atoms with E-state index >= 15 is 0 Å². The molecule has 5 heterocycles. The Balaban J connectivity index is 0.915. The lowest BCUT2D eigenvalue weighted by molar-refractivity contribution is -0.135. The number of H-pyrrole nitrogens is 2. The van der Waals surface area contributed by atoms with Crippen molar-refractivity contribution in [2.24, 2.45) is 0 Å². The highest BCUT2D eigenvalue weighted by Gasteiger charge is 2.38. The fraction of sp³-hybridized carbons (Fsp3) is 0.255. The first-order chi connectivity index (χ1) is 30.3. The lowest BCUT2D eigenvalue weighted by Crippen LogP contribution is -2.42. The molecule has 0 saturated carbocycles. The molecule has 2 aliphatic heterocycles. The van der Waals surface area contributed by atoms with Gasteiger partial charge in [0.05, 0.1) is 60.4 Å². The molecule has 4 atom stereocenters. The number of methoxy groups -OCH3 is 2. The maximum absolute atomic E-state index is 14.0. The summed E-state index contributed by atoms with van der Waals surface area (Å²) >= 11 is 0. The molecular formula is C47H45N9O6. The molecule has 4 N–H and O–H groups in total. The smallest absolute Gasteiger partial charge is 0.407 e. The minimum atomic E-state index is -0.898. The standard InChI is InChI=1S/C47H45N9O6/c1-61-46(59)53-40(28-11-5-3-6-12-28)44(57)55-23-9-15-38(55)42-48-27-37(52-42)31-18-21-33-30(25-31)17-20-34(49-33)32-19-22-35-36(26-32)51-43(50-35)39-16-10-24-56(39)45(58)41(54-47(60)62-2)29-13-7-4-8-14-29/h3-8,11-14,17-22,25-27,38-41H,9-10,15-16,23-24H2,1-2H3,(H,48,52)(H,50,51)(H,53,59)(H,54,60). The van der Waals surface area contributed by atoms with E-state index in [1.807, 2.05) is 103 Å². The summed E-state index contributed by atoms with van der Waals surface area (Å²) in [5.41, 5.74) is 7.22. The van der Waals surface area contributed by atoms with E-state index in [-0.39, 0.29) is 23.9 Å². The summed E-state index contributed by atoms with van der Waals surface area (Å²) in [7, 11) is 2.55. The number of hydrogen-bond donors (Lipinski definition) is 4. The Morgan fingerprint density at radius 1 is 0.645 bits per heavy atom. The van der Waals surface area contributed by atoms with Gasteiger partial charge in [-0.1, -0.05) is 78.9 Å². The van der Waals surface area contributed by atoms with Crippen molar-refractivity contribution in [3.63, 3.8) is 0 Å². The predicted molar refractivity (Wildman–Crippen MR) is 231 cm³/mol. The number of carbonyl (C=O) groups is 4. The third-order valence-corrected chi connectivity index (χ3v) is 11.7. The number of likely N-dealkylation sites (tertiary alicyclic amines) is 2. The Bertz CT molecular complexity index is 2770. The number of nitrogens with one attached hydrogen (secondary N) is 4. The number of alkyl carbamates (subject to hydrolysis) is 2. The number of nitrogens with zero attached hydrogens (tertiary/aromatic N) is 5. The second-order valence-corrected chi connectivity index (χ2v) is 15.5. The molecule has 9 rings (SSSR count). The highest BCUT2D eigenvalue weighted by atomic mass is 16.5. The summed E-state index contributed by atoms with van der Waals surface area (Å²) in [5, 5.41) is 6.38. The predicted octanol–water partition coefficient (Wildman–Crippen LogP) is 7.69. The van der Waals surface area contributed by atoms with Crippen LogP contribution in [0.5, 0.6) is 0 Å². The molecule has 7 aromatic rings. The molecule has 0 spiro atoms. The fourth-order valence-corrected chi connectivity index (χ4v) is 8.63. The van der Waals surface area contributed by atoms with Crippen LogP contribution in [0.4, 0.5) is 9.59 Å². The second kappa shape index (κ2) is 17.2. The fourth-order valence-electron chi connectivity index (χ4n) is 8.63. The van der Waals surface area contributed by atoms with Crippen LogP contribution in [0.25, 0.3) is 44.5 Å². The Morgan fingerprint density at radius 3 is 1.84 bits per heavy atom. The summed E-state index contributed by atoms with van der Waals surface area (Å²) in [5.74, 6) is 0.921. The Hall–Kier alpha value is -7.55. The monoisotopic (exact) mass is 831 g/mol. The van der Waals surface area contributed by atoms with Gasteiger partial charge in [-0.15, -0.1) is 0 Å². The molecule has 314 valence electrons. The SMILES string of the molecule is COC(=O)NC(C(=O)N1CCCC1c1ncc(-c2ccc3nc(-c4ccc5nc(C6CCCN6C(=O)C(NC(=O)OC)c6ccccc6)[nH]c5c4)ccc3c2)[nH]1)c1ccccc1. The van der Waals surface area contributed by atoms with Crippen LogP contribution < -0.4 is 10.6 Å². The lowest BCUT2D eigenvalue weighted by atomic mass is 10.0. The topological polar surface area (TPSA) is 188 Å². The third kappa shape index (κ3) is 7.91. The number of carbonyl (C=O) groups excluding carboxylic acids is 4. The first-order valence-electron chi connectivity index (χ1n) is 20.6. The van der Waals surface area contributed by atoms with Crippen molar-refractivity contribution in [1.82, 2.24) is 45.4 Å². The second-order valence-electron chi connectivity index (χ2n) is 15.5. The van der Waals surface area contributed by atoms with Crippen molar-refractivity contribution in [3.8, 4) is 22.5 Å². The van der Waals surface area contributed by atoms with Gasteiger partial charge in [-0.05, 0) is 67.1 Å². The summed E-state index contributed by atoms with van der Waals surface area (Å²) in [4.78, 5) is 77.6. The Morgan fingerprint density at radius 2 is 1.23 bits per heavy atom. The molecule has 2 fully saturated rings. The van der Waals surface area contributed by atoms with Crippen LogP contribution in [0.2, 0.25) is 0 Å². The first-order valence-corrected chi connectivity index (χ1v) is 20.6. The zero-order valence-electron chi connectivity index (χ0n) is 34.2. The molecule has 4 unspecified atom stereocenters. The maximum Gasteiger partial charge on any atom is 0.407 e. The van der Waals surface area contributed by atoms with Crippen molar-refractivity contribution in [2.75, 3.05) is 27.3 Å². The van der Waals surface area contributed by atoms with Crippen LogP contribution in [-0.2, 0) is 19.1 Å². The summed E-state index contributed by atoms with van der Waals surface area (Å²) in [6.07, 6.45) is 3.50. The van der Waals surface area contributed by atoms with E-state index in [9.17, 15) is 19.2 Å². The van der Waals surface area contributed by atoms with Crippen LogP contribution in [0.3, 0.4) is 0 Å². The van der Waals surface area contributed by atoms with Gasteiger partial charge in [0.1, 0.15) is 23.7 Å². The maximum atomic E-state index is 14.0. The zero-order chi connectivity index (χ0) is 42.7. The van der Waals surface area contributed by atoms with E-state index in [0.29, 0.717) is 35.9 Å². The third-order valence-electron chi connectivity index (χ3n) is 11.7.